The van der Waals surface area contributed by atoms with Crippen LogP contribution < -0.4 is 0 Å². The quantitative estimate of drug-likeness (QED) is 0.815. The monoisotopic (exact) mass is 313 g/mol. The molecule has 1 aliphatic rings. The maximum atomic E-state index is 13.3. The second-order valence-electron chi connectivity index (χ2n) is 6.43. The van der Waals surface area contributed by atoms with Crippen LogP contribution in [-0.2, 0) is 17.9 Å². The largest absolute Gasteiger partial charge is 0.372 e. The van der Waals surface area contributed by atoms with Crippen LogP contribution in [0.2, 0.25) is 0 Å². The smallest absolute Gasteiger partial charge is 0.123 e. The molecule has 2 aromatic carbocycles. The second kappa shape index (κ2) is 7.71. The highest BCUT2D eigenvalue weighted by Crippen LogP contribution is 2.18. The van der Waals surface area contributed by atoms with E-state index in [0.717, 1.165) is 38.0 Å². The van der Waals surface area contributed by atoms with E-state index < -0.39 is 0 Å². The predicted octanol–water partition coefficient (Wildman–Crippen LogP) is 4.32. The minimum absolute atomic E-state index is 0.160. The van der Waals surface area contributed by atoms with E-state index in [9.17, 15) is 4.39 Å². The maximum Gasteiger partial charge on any atom is 0.123 e. The van der Waals surface area contributed by atoms with Gasteiger partial charge in [-0.05, 0) is 49.6 Å². The number of halogens is 1. The third kappa shape index (κ3) is 4.88. The fraction of sp³-hybridized carbons (Fsp3) is 0.400. The normalized spacial score (nSPS) is 19.0. The number of ether oxygens (including phenoxy) is 1. The summed E-state index contributed by atoms with van der Waals surface area (Å²) in [6.45, 7) is 5.53. The van der Waals surface area contributed by atoms with Crippen LogP contribution in [0.25, 0.3) is 0 Å². The van der Waals surface area contributed by atoms with Gasteiger partial charge in [0, 0.05) is 13.1 Å². The standard InChI is InChI=1S/C20H24FNO/c1-16-7-9-17(10-8-16)15-23-20-6-3-11-22(14-20)13-18-4-2-5-19(21)12-18/h2,4-5,7-10,12,20H,3,6,11,13-15H2,1H3/t20-/m0/s1. The van der Waals surface area contributed by atoms with Gasteiger partial charge in [-0.25, -0.2) is 4.39 Å². The van der Waals surface area contributed by atoms with Crippen LogP contribution >= 0.6 is 0 Å². The number of piperidine rings is 1. The predicted molar refractivity (Wildman–Crippen MR) is 90.7 cm³/mol. The van der Waals surface area contributed by atoms with Crippen LogP contribution in [-0.4, -0.2) is 24.1 Å². The van der Waals surface area contributed by atoms with Gasteiger partial charge in [-0.2, -0.15) is 0 Å². The van der Waals surface area contributed by atoms with Crippen molar-refractivity contribution in [3.63, 3.8) is 0 Å². The molecule has 23 heavy (non-hydrogen) atoms. The summed E-state index contributed by atoms with van der Waals surface area (Å²) >= 11 is 0. The van der Waals surface area contributed by atoms with Crippen molar-refractivity contribution < 1.29 is 9.13 Å². The van der Waals surface area contributed by atoms with Crippen LogP contribution in [0.3, 0.4) is 0 Å². The minimum atomic E-state index is -0.160. The average Bonchev–Trinajstić information content (AvgIpc) is 2.55. The number of hydrogen-bond donors (Lipinski definition) is 0. The topological polar surface area (TPSA) is 12.5 Å². The van der Waals surface area contributed by atoms with E-state index in [1.54, 1.807) is 12.1 Å². The zero-order chi connectivity index (χ0) is 16.1. The van der Waals surface area contributed by atoms with Gasteiger partial charge < -0.3 is 4.74 Å². The lowest BCUT2D eigenvalue weighted by atomic mass is 10.1. The fourth-order valence-corrected chi connectivity index (χ4v) is 3.08. The summed E-state index contributed by atoms with van der Waals surface area (Å²) in [5.41, 5.74) is 3.52. The Hall–Kier alpha value is -1.71. The molecule has 0 spiro atoms. The molecule has 0 radical (unpaired) electrons. The molecule has 1 atom stereocenters. The van der Waals surface area contributed by atoms with E-state index in [4.69, 9.17) is 4.74 Å². The van der Waals surface area contributed by atoms with Crippen molar-refractivity contribution in [2.24, 2.45) is 0 Å². The van der Waals surface area contributed by atoms with Gasteiger partial charge in [-0.3, -0.25) is 4.90 Å². The Balaban J connectivity index is 1.50. The van der Waals surface area contributed by atoms with E-state index in [2.05, 4.69) is 36.1 Å². The number of likely N-dealkylation sites (tertiary alicyclic amines) is 1. The molecule has 0 aromatic heterocycles. The van der Waals surface area contributed by atoms with Gasteiger partial charge in [-0.1, -0.05) is 42.0 Å². The Morgan fingerprint density at radius 3 is 2.74 bits per heavy atom. The Bertz CT molecular complexity index is 626. The first-order valence-electron chi connectivity index (χ1n) is 8.33. The first-order chi connectivity index (χ1) is 11.2. The maximum absolute atomic E-state index is 13.3. The highest BCUT2D eigenvalue weighted by molar-refractivity contribution is 5.20. The molecule has 3 heteroatoms. The minimum Gasteiger partial charge on any atom is -0.372 e. The summed E-state index contributed by atoms with van der Waals surface area (Å²) in [5.74, 6) is -0.160. The summed E-state index contributed by atoms with van der Waals surface area (Å²) in [7, 11) is 0. The molecule has 122 valence electrons. The van der Waals surface area contributed by atoms with Crippen molar-refractivity contribution in [1.82, 2.24) is 4.90 Å². The van der Waals surface area contributed by atoms with Crippen molar-refractivity contribution in [1.29, 1.82) is 0 Å². The molecule has 1 saturated heterocycles. The van der Waals surface area contributed by atoms with E-state index in [0.29, 0.717) is 6.61 Å². The first kappa shape index (κ1) is 16.2. The summed E-state index contributed by atoms with van der Waals surface area (Å²) in [4.78, 5) is 2.36. The highest BCUT2D eigenvalue weighted by atomic mass is 19.1. The molecule has 2 aromatic rings. The lowest BCUT2D eigenvalue weighted by molar-refractivity contribution is -0.0120. The third-order valence-electron chi connectivity index (χ3n) is 4.36. The van der Waals surface area contributed by atoms with Crippen molar-refractivity contribution in [3.8, 4) is 0 Å². The molecule has 1 heterocycles. The van der Waals surface area contributed by atoms with Crippen LogP contribution in [0, 0.1) is 12.7 Å². The number of nitrogens with zero attached hydrogens (tertiary/aromatic N) is 1. The summed E-state index contributed by atoms with van der Waals surface area (Å²) in [6, 6.07) is 15.4. The highest BCUT2D eigenvalue weighted by Gasteiger charge is 2.20. The van der Waals surface area contributed by atoms with Crippen molar-refractivity contribution in [3.05, 3.63) is 71.0 Å². The van der Waals surface area contributed by atoms with E-state index >= 15 is 0 Å². The lowest BCUT2D eigenvalue weighted by Gasteiger charge is -2.32. The Morgan fingerprint density at radius 2 is 1.96 bits per heavy atom. The molecule has 1 aliphatic heterocycles. The van der Waals surface area contributed by atoms with Gasteiger partial charge in [-0.15, -0.1) is 0 Å². The lowest BCUT2D eigenvalue weighted by Crippen LogP contribution is -2.39. The van der Waals surface area contributed by atoms with Crippen molar-refractivity contribution in [2.75, 3.05) is 13.1 Å². The SMILES string of the molecule is Cc1ccc(CO[C@H]2CCCN(Cc3cccc(F)c3)C2)cc1. The van der Waals surface area contributed by atoms with Crippen molar-refractivity contribution in [2.45, 2.75) is 39.0 Å². The van der Waals surface area contributed by atoms with Gasteiger partial charge in [0.15, 0.2) is 0 Å². The molecule has 0 bridgehead atoms. The molecule has 2 nitrogen and oxygen atoms in total. The zero-order valence-electron chi connectivity index (χ0n) is 13.7. The summed E-state index contributed by atoms with van der Waals surface area (Å²) < 4.78 is 19.4. The average molecular weight is 313 g/mol. The first-order valence-corrected chi connectivity index (χ1v) is 8.33. The van der Waals surface area contributed by atoms with Gasteiger partial charge in [0.2, 0.25) is 0 Å². The Labute approximate surface area is 137 Å². The second-order valence-corrected chi connectivity index (χ2v) is 6.43. The number of hydrogen-bond acceptors (Lipinski definition) is 2. The molecule has 0 aliphatic carbocycles. The van der Waals surface area contributed by atoms with Crippen LogP contribution in [0.1, 0.15) is 29.5 Å². The van der Waals surface area contributed by atoms with E-state index in [1.807, 2.05) is 6.07 Å². The molecule has 1 fully saturated rings. The number of rotatable bonds is 5. The fourth-order valence-electron chi connectivity index (χ4n) is 3.08. The molecule has 0 amide bonds. The molecule has 3 rings (SSSR count). The zero-order valence-corrected chi connectivity index (χ0v) is 13.7. The van der Waals surface area contributed by atoms with E-state index in [1.165, 1.54) is 17.2 Å². The van der Waals surface area contributed by atoms with Gasteiger partial charge >= 0.3 is 0 Å². The van der Waals surface area contributed by atoms with Gasteiger partial charge in [0.05, 0.1) is 12.7 Å². The molecular formula is C20H24FNO. The number of benzene rings is 2. The van der Waals surface area contributed by atoms with Crippen molar-refractivity contribution >= 4 is 0 Å². The summed E-state index contributed by atoms with van der Waals surface area (Å²) in [6.07, 6.45) is 2.50. The van der Waals surface area contributed by atoms with Gasteiger partial charge in [0.1, 0.15) is 5.82 Å². The Kier molecular flexibility index (Phi) is 5.42. The molecule has 0 unspecified atom stereocenters. The van der Waals surface area contributed by atoms with Crippen LogP contribution in [0.4, 0.5) is 4.39 Å². The van der Waals surface area contributed by atoms with Gasteiger partial charge in [0.25, 0.3) is 0 Å². The Morgan fingerprint density at radius 1 is 1.13 bits per heavy atom. The molecule has 0 saturated carbocycles. The molecular weight excluding hydrogens is 289 g/mol. The van der Waals surface area contributed by atoms with Crippen LogP contribution in [0.15, 0.2) is 48.5 Å². The van der Waals surface area contributed by atoms with Crippen LogP contribution in [0.5, 0.6) is 0 Å². The number of aryl methyl sites for hydroxylation is 1. The summed E-state index contributed by atoms with van der Waals surface area (Å²) in [5, 5.41) is 0. The third-order valence-corrected chi connectivity index (χ3v) is 4.36. The van der Waals surface area contributed by atoms with E-state index in [-0.39, 0.29) is 11.9 Å². The molecule has 0 N–H and O–H groups in total.